The van der Waals surface area contributed by atoms with Gasteiger partial charge in [0.15, 0.2) is 5.78 Å². The van der Waals surface area contributed by atoms with Gasteiger partial charge < -0.3 is 15.2 Å². The molecule has 1 unspecified atom stereocenters. The first-order valence-electron chi connectivity index (χ1n) is 9.37. The second kappa shape index (κ2) is 7.16. The van der Waals surface area contributed by atoms with E-state index in [1.54, 1.807) is 24.3 Å². The highest BCUT2D eigenvalue weighted by molar-refractivity contribution is 5.99. The summed E-state index contributed by atoms with van der Waals surface area (Å²) in [5.41, 5.74) is 3.18. The fraction of sp³-hybridized carbons (Fsp3) is 0.364. The Morgan fingerprint density at radius 3 is 2.67 bits per heavy atom. The molecule has 1 aliphatic carbocycles. The van der Waals surface area contributed by atoms with E-state index in [4.69, 9.17) is 4.74 Å². The molecule has 1 fully saturated rings. The van der Waals surface area contributed by atoms with Crippen molar-refractivity contribution in [3.8, 4) is 5.75 Å². The lowest BCUT2D eigenvalue weighted by Crippen LogP contribution is -2.41. The number of ether oxygens (including phenoxy) is 1. The molecule has 1 amide bonds. The molecule has 2 aromatic carbocycles. The standard InChI is InChI=1S/C22H23NO4/c1-13(24)14-3-2-4-17(9-14)22(26)23-21(18-11-19(25)12-18)16-5-6-20-15(10-16)7-8-27-20/h2-6,9-10,18-19,21,25H,7-8,11-12H2,1H3,(H,23,26). The van der Waals surface area contributed by atoms with Crippen molar-refractivity contribution in [3.63, 3.8) is 0 Å². The number of carbonyl (C=O) groups is 2. The summed E-state index contributed by atoms with van der Waals surface area (Å²) in [5.74, 6) is 0.829. The number of hydrogen-bond acceptors (Lipinski definition) is 4. The molecular weight excluding hydrogens is 342 g/mol. The molecule has 0 spiro atoms. The molecule has 5 nitrogen and oxygen atoms in total. The van der Waals surface area contributed by atoms with E-state index in [1.165, 1.54) is 6.92 Å². The summed E-state index contributed by atoms with van der Waals surface area (Å²) >= 11 is 0. The average Bonchev–Trinajstić information content (AvgIpc) is 3.11. The second-order valence-corrected chi connectivity index (χ2v) is 7.44. The molecule has 0 saturated heterocycles. The molecule has 1 atom stereocenters. The molecular formula is C22H23NO4. The summed E-state index contributed by atoms with van der Waals surface area (Å²) in [4.78, 5) is 24.5. The van der Waals surface area contributed by atoms with Gasteiger partial charge in [0.25, 0.3) is 5.91 Å². The number of benzene rings is 2. The van der Waals surface area contributed by atoms with Gasteiger partial charge in [0.1, 0.15) is 5.75 Å². The van der Waals surface area contributed by atoms with Crippen molar-refractivity contribution in [3.05, 3.63) is 64.7 Å². The Kier molecular flexibility index (Phi) is 4.70. The highest BCUT2D eigenvalue weighted by Gasteiger charge is 2.36. The maximum absolute atomic E-state index is 12.9. The molecule has 0 radical (unpaired) electrons. The number of ketones is 1. The number of nitrogens with one attached hydrogen (secondary N) is 1. The SMILES string of the molecule is CC(=O)c1cccc(C(=O)NC(c2ccc3c(c2)CCO3)C2CC(O)C2)c1. The predicted molar refractivity (Wildman–Crippen MR) is 101 cm³/mol. The average molecular weight is 365 g/mol. The van der Waals surface area contributed by atoms with E-state index in [2.05, 4.69) is 11.4 Å². The summed E-state index contributed by atoms with van der Waals surface area (Å²) in [5, 5.41) is 12.9. The van der Waals surface area contributed by atoms with E-state index in [0.29, 0.717) is 30.6 Å². The molecule has 140 valence electrons. The van der Waals surface area contributed by atoms with E-state index in [-0.39, 0.29) is 29.8 Å². The number of carbonyl (C=O) groups excluding carboxylic acids is 2. The molecule has 2 aromatic rings. The maximum Gasteiger partial charge on any atom is 0.251 e. The van der Waals surface area contributed by atoms with Crippen molar-refractivity contribution in [2.24, 2.45) is 5.92 Å². The molecule has 4 rings (SSSR count). The van der Waals surface area contributed by atoms with Gasteiger partial charge >= 0.3 is 0 Å². The molecule has 1 aliphatic heterocycles. The predicted octanol–water partition coefficient (Wildman–Crippen LogP) is 3.07. The van der Waals surface area contributed by atoms with Crippen molar-refractivity contribution in [2.45, 2.75) is 38.3 Å². The van der Waals surface area contributed by atoms with Crippen molar-refractivity contribution in [1.82, 2.24) is 5.32 Å². The maximum atomic E-state index is 12.9. The molecule has 1 heterocycles. The van der Waals surface area contributed by atoms with Crippen LogP contribution in [0.2, 0.25) is 0 Å². The van der Waals surface area contributed by atoms with Crippen LogP contribution in [-0.4, -0.2) is 29.5 Å². The summed E-state index contributed by atoms with van der Waals surface area (Å²) < 4.78 is 5.58. The van der Waals surface area contributed by atoms with Gasteiger partial charge in [0, 0.05) is 17.5 Å². The quantitative estimate of drug-likeness (QED) is 0.799. The Bertz CT molecular complexity index is 886. The zero-order valence-corrected chi connectivity index (χ0v) is 15.3. The smallest absolute Gasteiger partial charge is 0.251 e. The Hall–Kier alpha value is -2.66. The van der Waals surface area contributed by atoms with E-state index in [1.807, 2.05) is 12.1 Å². The Labute approximate surface area is 158 Å². The molecule has 2 aliphatic rings. The first-order chi connectivity index (χ1) is 13.0. The molecule has 0 aromatic heterocycles. The number of Topliss-reactive ketones (excluding diaryl/α,β-unsaturated/α-hetero) is 1. The van der Waals surface area contributed by atoms with Crippen molar-refractivity contribution in [2.75, 3.05) is 6.61 Å². The third-order valence-electron chi connectivity index (χ3n) is 5.51. The van der Waals surface area contributed by atoms with Crippen molar-refractivity contribution < 1.29 is 19.4 Å². The Morgan fingerprint density at radius 2 is 1.93 bits per heavy atom. The summed E-state index contributed by atoms with van der Waals surface area (Å²) in [6.45, 7) is 2.18. The van der Waals surface area contributed by atoms with Crippen LogP contribution >= 0.6 is 0 Å². The van der Waals surface area contributed by atoms with Crippen LogP contribution in [0.15, 0.2) is 42.5 Å². The highest BCUT2D eigenvalue weighted by atomic mass is 16.5. The largest absolute Gasteiger partial charge is 0.493 e. The number of rotatable bonds is 5. The van der Waals surface area contributed by atoms with Gasteiger partial charge in [0.2, 0.25) is 0 Å². The van der Waals surface area contributed by atoms with Gasteiger partial charge in [-0.25, -0.2) is 0 Å². The van der Waals surface area contributed by atoms with Gasteiger partial charge in [-0.15, -0.1) is 0 Å². The highest BCUT2D eigenvalue weighted by Crippen LogP contribution is 2.40. The summed E-state index contributed by atoms with van der Waals surface area (Å²) in [6, 6.07) is 12.6. The Morgan fingerprint density at radius 1 is 1.15 bits per heavy atom. The molecule has 1 saturated carbocycles. The van der Waals surface area contributed by atoms with Crippen molar-refractivity contribution in [1.29, 1.82) is 0 Å². The fourth-order valence-electron chi connectivity index (χ4n) is 3.88. The summed E-state index contributed by atoms with van der Waals surface area (Å²) in [6.07, 6.45) is 1.92. The van der Waals surface area contributed by atoms with Crippen LogP contribution in [0, 0.1) is 5.92 Å². The minimum absolute atomic E-state index is 0.0677. The number of hydrogen-bond donors (Lipinski definition) is 2. The lowest BCUT2D eigenvalue weighted by atomic mass is 9.74. The van der Waals surface area contributed by atoms with Gasteiger partial charge in [-0.1, -0.05) is 18.2 Å². The fourth-order valence-corrected chi connectivity index (χ4v) is 3.88. The zero-order chi connectivity index (χ0) is 19.0. The van der Waals surface area contributed by atoms with E-state index >= 15 is 0 Å². The first-order valence-corrected chi connectivity index (χ1v) is 9.37. The lowest BCUT2D eigenvalue weighted by Gasteiger charge is -2.38. The van der Waals surface area contributed by atoms with Gasteiger partial charge in [-0.05, 0) is 61.1 Å². The van der Waals surface area contributed by atoms with Gasteiger partial charge in [-0.3, -0.25) is 9.59 Å². The van der Waals surface area contributed by atoms with E-state index < -0.39 is 0 Å². The first kappa shape index (κ1) is 17.7. The number of fused-ring (bicyclic) bond motifs is 1. The third-order valence-corrected chi connectivity index (χ3v) is 5.51. The normalized spacial score (nSPS) is 21.6. The van der Waals surface area contributed by atoms with Crippen LogP contribution in [0.3, 0.4) is 0 Å². The second-order valence-electron chi connectivity index (χ2n) is 7.44. The molecule has 0 bridgehead atoms. The monoisotopic (exact) mass is 365 g/mol. The van der Waals surface area contributed by atoms with Gasteiger partial charge in [-0.2, -0.15) is 0 Å². The molecule has 5 heteroatoms. The Balaban J connectivity index is 1.59. The van der Waals surface area contributed by atoms with Crippen LogP contribution in [-0.2, 0) is 6.42 Å². The van der Waals surface area contributed by atoms with E-state index in [9.17, 15) is 14.7 Å². The van der Waals surface area contributed by atoms with E-state index in [0.717, 1.165) is 23.3 Å². The van der Waals surface area contributed by atoms with Crippen molar-refractivity contribution >= 4 is 11.7 Å². The van der Waals surface area contributed by atoms with Crippen LogP contribution < -0.4 is 10.1 Å². The topological polar surface area (TPSA) is 75.6 Å². The minimum Gasteiger partial charge on any atom is -0.493 e. The number of aliphatic hydroxyl groups is 1. The lowest BCUT2D eigenvalue weighted by molar-refractivity contribution is 0.0235. The molecule has 2 N–H and O–H groups in total. The zero-order valence-electron chi connectivity index (χ0n) is 15.3. The van der Waals surface area contributed by atoms with Crippen LogP contribution in [0.4, 0.5) is 0 Å². The third kappa shape index (κ3) is 3.60. The van der Waals surface area contributed by atoms with Crippen LogP contribution in [0.5, 0.6) is 5.75 Å². The van der Waals surface area contributed by atoms with Crippen LogP contribution in [0.25, 0.3) is 0 Å². The molecule has 27 heavy (non-hydrogen) atoms. The van der Waals surface area contributed by atoms with Gasteiger partial charge in [0.05, 0.1) is 18.8 Å². The summed E-state index contributed by atoms with van der Waals surface area (Å²) in [7, 11) is 0. The minimum atomic E-state index is -0.298. The van der Waals surface area contributed by atoms with Crippen LogP contribution in [0.1, 0.15) is 57.7 Å². The number of amides is 1. The number of aliphatic hydroxyl groups excluding tert-OH is 1.